The molecule has 1 atom stereocenters. The average molecular weight is 490 g/mol. The van der Waals surface area contributed by atoms with E-state index >= 15 is 0 Å². The normalized spacial score (nSPS) is 19.3. The third kappa shape index (κ3) is 6.91. The molecule has 0 bridgehead atoms. The minimum Gasteiger partial charge on any atom is -0.449 e. The highest BCUT2D eigenvalue weighted by molar-refractivity contribution is 5.96. The molecule has 1 aromatic rings. The fourth-order valence-corrected chi connectivity index (χ4v) is 4.41. The average Bonchev–Trinajstić information content (AvgIpc) is 2.86. The van der Waals surface area contributed by atoms with Crippen LogP contribution in [0.3, 0.4) is 0 Å². The molecule has 0 aliphatic carbocycles. The zero-order valence-electron chi connectivity index (χ0n) is 20.6. The number of carbonyl (C=O) groups is 3. The van der Waals surface area contributed by atoms with Crippen molar-refractivity contribution < 1.29 is 24.0 Å². The monoisotopic (exact) mass is 489 g/mol. The zero-order chi connectivity index (χ0) is 25.4. The van der Waals surface area contributed by atoms with Gasteiger partial charge in [-0.05, 0) is 12.0 Å². The summed E-state index contributed by atoms with van der Waals surface area (Å²) in [5.74, 6) is -0.259. The number of benzene rings is 1. The lowest BCUT2D eigenvalue weighted by Gasteiger charge is -2.46. The van der Waals surface area contributed by atoms with E-state index in [9.17, 15) is 24.5 Å². The van der Waals surface area contributed by atoms with E-state index in [0.717, 1.165) is 29.7 Å². The highest BCUT2D eigenvalue weighted by Crippen LogP contribution is 2.24. The number of nitro groups is 1. The van der Waals surface area contributed by atoms with Crippen LogP contribution in [0, 0.1) is 10.1 Å². The molecular weight excluding hydrogens is 454 g/mol. The Balaban J connectivity index is 1.57. The van der Waals surface area contributed by atoms with Crippen LogP contribution < -0.4 is 0 Å². The SMILES string of the molecule is CCCCCCCOC(=O)N1CCN(C2CC(=O)N(C)C(=O)N2Cc2ccc([N+](=O)[O-])cc2)CC1. The van der Waals surface area contributed by atoms with Gasteiger partial charge < -0.3 is 14.5 Å². The first-order chi connectivity index (χ1) is 16.8. The van der Waals surface area contributed by atoms with Crippen molar-refractivity contribution in [1.29, 1.82) is 0 Å². The number of amides is 4. The molecule has 2 aliphatic rings. The van der Waals surface area contributed by atoms with E-state index in [1.165, 1.54) is 32.0 Å². The third-order valence-corrected chi connectivity index (χ3v) is 6.59. The molecule has 192 valence electrons. The second-order valence-electron chi connectivity index (χ2n) is 9.02. The van der Waals surface area contributed by atoms with Crippen molar-refractivity contribution in [3.63, 3.8) is 0 Å². The number of rotatable bonds is 10. The van der Waals surface area contributed by atoms with E-state index in [0.29, 0.717) is 32.8 Å². The fourth-order valence-electron chi connectivity index (χ4n) is 4.41. The maximum absolute atomic E-state index is 13.0. The molecule has 1 unspecified atom stereocenters. The topological polar surface area (TPSA) is 117 Å². The van der Waals surface area contributed by atoms with Gasteiger partial charge in [0.05, 0.1) is 24.1 Å². The molecule has 3 rings (SSSR count). The van der Waals surface area contributed by atoms with Gasteiger partial charge in [0.2, 0.25) is 5.91 Å². The van der Waals surface area contributed by atoms with E-state index in [4.69, 9.17) is 4.74 Å². The lowest BCUT2D eigenvalue weighted by atomic mass is 10.1. The molecular formula is C24H35N5O6. The van der Waals surface area contributed by atoms with Crippen LogP contribution in [0.5, 0.6) is 0 Å². The van der Waals surface area contributed by atoms with Crippen molar-refractivity contribution in [3.8, 4) is 0 Å². The van der Waals surface area contributed by atoms with E-state index in [1.807, 2.05) is 4.90 Å². The lowest BCUT2D eigenvalue weighted by Crippen LogP contribution is -2.63. The summed E-state index contributed by atoms with van der Waals surface area (Å²) in [5, 5.41) is 10.9. The molecule has 0 radical (unpaired) electrons. The molecule has 11 nitrogen and oxygen atoms in total. The maximum atomic E-state index is 13.0. The van der Waals surface area contributed by atoms with Crippen LogP contribution in [0.25, 0.3) is 0 Å². The summed E-state index contributed by atoms with van der Waals surface area (Å²) in [7, 11) is 1.46. The quantitative estimate of drug-likeness (QED) is 0.281. The van der Waals surface area contributed by atoms with E-state index in [-0.39, 0.29) is 30.7 Å². The van der Waals surface area contributed by atoms with Crippen molar-refractivity contribution >= 4 is 23.7 Å². The molecule has 2 aliphatic heterocycles. The Labute approximate surface area is 205 Å². The van der Waals surface area contributed by atoms with Crippen molar-refractivity contribution in [2.24, 2.45) is 0 Å². The first-order valence-electron chi connectivity index (χ1n) is 12.3. The van der Waals surface area contributed by atoms with Gasteiger partial charge in [0.25, 0.3) is 5.69 Å². The smallest absolute Gasteiger partial charge is 0.409 e. The third-order valence-electron chi connectivity index (χ3n) is 6.59. The molecule has 11 heteroatoms. The standard InChI is InChI=1S/C24H35N5O6/c1-3-4-5-6-7-16-35-24(32)27-14-12-26(13-15-27)21-17-22(30)25(2)23(31)28(21)18-19-8-10-20(11-9-19)29(33)34/h8-11,21H,3-7,12-18H2,1-2H3. The van der Waals surface area contributed by atoms with Gasteiger partial charge in [0.15, 0.2) is 0 Å². The molecule has 35 heavy (non-hydrogen) atoms. The van der Waals surface area contributed by atoms with Gasteiger partial charge in [0.1, 0.15) is 0 Å². The van der Waals surface area contributed by atoms with Crippen LogP contribution in [0.2, 0.25) is 0 Å². The van der Waals surface area contributed by atoms with Crippen LogP contribution in [-0.2, 0) is 16.1 Å². The van der Waals surface area contributed by atoms with Crippen LogP contribution in [0.15, 0.2) is 24.3 Å². The van der Waals surface area contributed by atoms with Gasteiger partial charge in [-0.25, -0.2) is 9.59 Å². The lowest BCUT2D eigenvalue weighted by molar-refractivity contribution is -0.384. The summed E-state index contributed by atoms with van der Waals surface area (Å²) in [4.78, 5) is 54.7. The Morgan fingerprint density at radius 2 is 1.71 bits per heavy atom. The van der Waals surface area contributed by atoms with Crippen LogP contribution in [0.1, 0.15) is 51.0 Å². The number of non-ortho nitro benzene ring substituents is 1. The Hall–Kier alpha value is -3.21. The number of hydrogen-bond acceptors (Lipinski definition) is 7. The Bertz CT molecular complexity index is 900. The highest BCUT2D eigenvalue weighted by atomic mass is 16.6. The minimum atomic E-state index is -0.470. The van der Waals surface area contributed by atoms with Gasteiger partial charge in [0, 0.05) is 51.9 Å². The number of hydrogen-bond donors (Lipinski definition) is 0. The molecule has 1 aromatic carbocycles. The summed E-state index contributed by atoms with van der Waals surface area (Å²) in [6, 6.07) is 5.64. The number of ether oxygens (including phenoxy) is 1. The minimum absolute atomic E-state index is 0.0217. The van der Waals surface area contributed by atoms with Gasteiger partial charge >= 0.3 is 12.1 Å². The summed E-state index contributed by atoms with van der Waals surface area (Å²) in [5.41, 5.74) is 0.712. The largest absolute Gasteiger partial charge is 0.449 e. The van der Waals surface area contributed by atoms with E-state index < -0.39 is 17.1 Å². The first kappa shape index (κ1) is 26.4. The van der Waals surface area contributed by atoms with E-state index in [2.05, 4.69) is 6.92 Å². The highest BCUT2D eigenvalue weighted by Gasteiger charge is 2.41. The fraction of sp³-hybridized carbons (Fsp3) is 0.625. The van der Waals surface area contributed by atoms with Crippen LogP contribution >= 0.6 is 0 Å². The predicted molar refractivity (Wildman–Crippen MR) is 128 cm³/mol. The summed E-state index contributed by atoms with van der Waals surface area (Å²) < 4.78 is 5.41. The Morgan fingerprint density at radius 3 is 2.34 bits per heavy atom. The van der Waals surface area contributed by atoms with E-state index in [1.54, 1.807) is 21.9 Å². The number of urea groups is 1. The number of piperazine rings is 1. The van der Waals surface area contributed by atoms with Crippen molar-refractivity contribution in [2.75, 3.05) is 39.8 Å². The molecule has 0 saturated carbocycles. The molecule has 2 saturated heterocycles. The van der Waals surface area contributed by atoms with Crippen molar-refractivity contribution in [2.45, 2.75) is 58.2 Å². The molecule has 0 aromatic heterocycles. The van der Waals surface area contributed by atoms with Crippen molar-refractivity contribution in [3.05, 3.63) is 39.9 Å². The van der Waals surface area contributed by atoms with Crippen LogP contribution in [0.4, 0.5) is 15.3 Å². The number of nitro benzene ring substituents is 1. The molecule has 0 spiro atoms. The molecule has 2 heterocycles. The van der Waals surface area contributed by atoms with Gasteiger partial charge in [-0.15, -0.1) is 0 Å². The Kier molecular flexibility index (Phi) is 9.41. The molecule has 4 amide bonds. The summed E-state index contributed by atoms with van der Waals surface area (Å²) >= 11 is 0. The second-order valence-corrected chi connectivity index (χ2v) is 9.02. The summed E-state index contributed by atoms with van der Waals surface area (Å²) in [6.07, 6.45) is 4.81. The maximum Gasteiger partial charge on any atom is 0.409 e. The van der Waals surface area contributed by atoms with Gasteiger partial charge in [-0.2, -0.15) is 0 Å². The summed E-state index contributed by atoms with van der Waals surface area (Å²) in [6.45, 7) is 4.73. The zero-order valence-corrected chi connectivity index (χ0v) is 20.6. The van der Waals surface area contributed by atoms with Gasteiger partial charge in [-0.1, -0.05) is 44.7 Å². The van der Waals surface area contributed by atoms with Gasteiger partial charge in [-0.3, -0.25) is 24.7 Å². The molecule has 0 N–H and O–H groups in total. The van der Waals surface area contributed by atoms with Crippen molar-refractivity contribution in [1.82, 2.24) is 19.6 Å². The second kappa shape index (κ2) is 12.5. The number of unbranched alkanes of at least 4 members (excludes halogenated alkanes) is 4. The van der Waals surface area contributed by atoms with Crippen LogP contribution in [-0.4, -0.2) is 88.6 Å². The predicted octanol–water partition coefficient (Wildman–Crippen LogP) is 3.43. The number of carbonyl (C=O) groups excluding carboxylic acids is 3. The number of nitrogens with zero attached hydrogens (tertiary/aromatic N) is 5. The first-order valence-corrected chi connectivity index (χ1v) is 12.3. The Morgan fingerprint density at radius 1 is 1.06 bits per heavy atom. The number of imide groups is 1. The molecule has 2 fully saturated rings.